The van der Waals surface area contributed by atoms with Gasteiger partial charge in [0.15, 0.2) is 0 Å². The number of hydrogen-bond donors (Lipinski definition) is 1. The van der Waals surface area contributed by atoms with Crippen molar-refractivity contribution in [1.82, 2.24) is 4.90 Å². The molecule has 0 unspecified atom stereocenters. The third-order valence-electron chi connectivity index (χ3n) is 6.00. The molecule has 4 aromatic rings. The highest BCUT2D eigenvalue weighted by Gasteiger charge is 2.32. The van der Waals surface area contributed by atoms with Crippen molar-refractivity contribution >= 4 is 29.3 Å². The van der Waals surface area contributed by atoms with Gasteiger partial charge in [-0.1, -0.05) is 60.7 Å². The molecule has 1 aliphatic rings. The van der Waals surface area contributed by atoms with Crippen LogP contribution in [-0.4, -0.2) is 29.0 Å². The molecule has 1 heterocycles. The van der Waals surface area contributed by atoms with Gasteiger partial charge in [0.05, 0.1) is 5.75 Å². The maximum atomic E-state index is 12.8. The van der Waals surface area contributed by atoms with Crippen LogP contribution in [0.1, 0.15) is 26.9 Å². The Labute approximate surface area is 215 Å². The van der Waals surface area contributed by atoms with Crippen molar-refractivity contribution in [3.05, 3.63) is 126 Å². The minimum Gasteiger partial charge on any atom is -0.457 e. The molecule has 36 heavy (non-hydrogen) atoms. The molecule has 4 aromatic carbocycles. The molecule has 1 aliphatic heterocycles. The van der Waals surface area contributed by atoms with Crippen LogP contribution in [0.4, 0.5) is 5.69 Å². The van der Waals surface area contributed by atoms with Crippen molar-refractivity contribution in [2.24, 2.45) is 0 Å². The van der Waals surface area contributed by atoms with E-state index in [1.165, 1.54) is 5.56 Å². The van der Waals surface area contributed by atoms with Gasteiger partial charge in [-0.15, -0.1) is 11.8 Å². The fourth-order valence-corrected chi connectivity index (χ4v) is 5.32. The summed E-state index contributed by atoms with van der Waals surface area (Å²) in [6.45, 7) is 0.673. The van der Waals surface area contributed by atoms with Crippen LogP contribution in [0.25, 0.3) is 0 Å². The molecular formula is C30H26N2O3S. The highest BCUT2D eigenvalue weighted by Crippen LogP contribution is 2.38. The number of ether oxygens (including phenoxy) is 1. The highest BCUT2D eigenvalue weighted by atomic mass is 32.2. The van der Waals surface area contributed by atoms with Crippen molar-refractivity contribution in [1.29, 1.82) is 0 Å². The molecule has 0 saturated carbocycles. The van der Waals surface area contributed by atoms with E-state index in [-0.39, 0.29) is 17.2 Å². The summed E-state index contributed by atoms with van der Waals surface area (Å²) >= 11 is 1.63. The number of benzene rings is 4. The highest BCUT2D eigenvalue weighted by molar-refractivity contribution is 8.00. The van der Waals surface area contributed by atoms with Crippen molar-refractivity contribution < 1.29 is 14.3 Å². The van der Waals surface area contributed by atoms with E-state index in [2.05, 4.69) is 17.4 Å². The maximum Gasteiger partial charge on any atom is 0.255 e. The molecule has 0 aromatic heterocycles. The minimum absolute atomic E-state index is 0.0320. The standard InChI is InChI=1S/C30H26N2O3S/c33-28-21-36-30(32(28)20-19-22-7-3-1-4-8-22)24-13-11-23(12-14-24)29(34)31-25-15-17-27(18-16-25)35-26-9-5-2-6-10-26/h1-18,30H,19-21H2,(H,31,34)/t30-/m0/s1. The Balaban J connectivity index is 1.19. The predicted molar refractivity (Wildman–Crippen MR) is 144 cm³/mol. The SMILES string of the molecule is O=C(Nc1ccc(Oc2ccccc2)cc1)c1ccc([C@@H]2SCC(=O)N2CCc2ccccc2)cc1. The molecule has 1 saturated heterocycles. The molecule has 0 bridgehead atoms. The molecule has 1 fully saturated rings. The average Bonchev–Trinajstić information content (AvgIpc) is 3.30. The maximum absolute atomic E-state index is 12.8. The van der Waals surface area contributed by atoms with E-state index in [9.17, 15) is 9.59 Å². The Morgan fingerprint density at radius 1 is 0.833 bits per heavy atom. The van der Waals surface area contributed by atoms with E-state index in [0.29, 0.717) is 29.3 Å². The fourth-order valence-electron chi connectivity index (χ4n) is 4.10. The van der Waals surface area contributed by atoms with Gasteiger partial charge in [-0.2, -0.15) is 0 Å². The number of rotatable bonds is 8. The van der Waals surface area contributed by atoms with Crippen LogP contribution in [0.15, 0.2) is 109 Å². The lowest BCUT2D eigenvalue weighted by molar-refractivity contribution is -0.128. The van der Waals surface area contributed by atoms with Crippen LogP contribution in [0.5, 0.6) is 11.5 Å². The first-order valence-corrected chi connectivity index (χ1v) is 12.9. The lowest BCUT2D eigenvalue weighted by Gasteiger charge is -2.24. The molecule has 2 amide bonds. The first-order valence-electron chi connectivity index (χ1n) is 11.8. The second-order valence-electron chi connectivity index (χ2n) is 8.50. The molecule has 6 heteroatoms. The van der Waals surface area contributed by atoms with E-state index in [0.717, 1.165) is 17.7 Å². The molecule has 180 valence electrons. The summed E-state index contributed by atoms with van der Waals surface area (Å²) < 4.78 is 5.80. The molecule has 5 rings (SSSR count). The molecule has 0 spiro atoms. The Morgan fingerprint density at radius 3 is 2.17 bits per heavy atom. The molecule has 1 atom stereocenters. The predicted octanol–water partition coefficient (Wildman–Crippen LogP) is 6.55. The van der Waals surface area contributed by atoms with Crippen molar-refractivity contribution in [3.8, 4) is 11.5 Å². The first kappa shape index (κ1) is 23.7. The Morgan fingerprint density at radius 2 is 1.47 bits per heavy atom. The Bertz CT molecular complexity index is 1310. The van der Waals surface area contributed by atoms with E-state index < -0.39 is 0 Å². The molecule has 0 aliphatic carbocycles. The van der Waals surface area contributed by atoms with Crippen LogP contribution in [0, 0.1) is 0 Å². The van der Waals surface area contributed by atoms with Crippen molar-refractivity contribution in [2.75, 3.05) is 17.6 Å². The van der Waals surface area contributed by atoms with Gasteiger partial charge < -0.3 is 15.0 Å². The summed E-state index contributed by atoms with van der Waals surface area (Å²) in [6, 6.07) is 34.5. The van der Waals surface area contributed by atoms with E-state index in [1.807, 2.05) is 102 Å². The number of amides is 2. The molecule has 0 radical (unpaired) electrons. The number of nitrogens with zero attached hydrogens (tertiary/aromatic N) is 1. The lowest BCUT2D eigenvalue weighted by atomic mass is 10.1. The Hall–Kier alpha value is -4.03. The van der Waals surface area contributed by atoms with Gasteiger partial charge in [0.2, 0.25) is 5.91 Å². The molecule has 5 nitrogen and oxygen atoms in total. The van der Waals surface area contributed by atoms with Gasteiger partial charge in [-0.25, -0.2) is 0 Å². The lowest BCUT2D eigenvalue weighted by Crippen LogP contribution is -2.30. The quantitative estimate of drug-likeness (QED) is 0.302. The Kier molecular flexibility index (Phi) is 7.33. The summed E-state index contributed by atoms with van der Waals surface area (Å²) in [6.07, 6.45) is 0.819. The van der Waals surface area contributed by atoms with Crippen LogP contribution in [-0.2, 0) is 11.2 Å². The van der Waals surface area contributed by atoms with Crippen molar-refractivity contribution in [3.63, 3.8) is 0 Å². The zero-order valence-corrected chi connectivity index (χ0v) is 20.5. The fraction of sp³-hybridized carbons (Fsp3) is 0.133. The smallest absolute Gasteiger partial charge is 0.255 e. The number of hydrogen-bond acceptors (Lipinski definition) is 4. The number of carbonyl (C=O) groups excluding carboxylic acids is 2. The normalized spacial score (nSPS) is 15.1. The summed E-state index contributed by atoms with van der Waals surface area (Å²) in [5.41, 5.74) is 3.49. The monoisotopic (exact) mass is 494 g/mol. The van der Waals surface area contributed by atoms with Crippen molar-refractivity contribution in [2.45, 2.75) is 11.8 Å². The van der Waals surface area contributed by atoms with Gasteiger partial charge in [0, 0.05) is 17.8 Å². The number of para-hydroxylation sites is 1. The van der Waals surface area contributed by atoms with E-state index >= 15 is 0 Å². The second kappa shape index (κ2) is 11.1. The second-order valence-corrected chi connectivity index (χ2v) is 9.57. The zero-order valence-electron chi connectivity index (χ0n) is 19.7. The van der Waals surface area contributed by atoms with E-state index in [4.69, 9.17) is 4.74 Å². The van der Waals surface area contributed by atoms with Crippen LogP contribution in [0.3, 0.4) is 0 Å². The van der Waals surface area contributed by atoms with Gasteiger partial charge in [0.1, 0.15) is 16.9 Å². The zero-order chi connectivity index (χ0) is 24.7. The minimum atomic E-state index is -0.186. The van der Waals surface area contributed by atoms with Gasteiger partial charge >= 0.3 is 0 Å². The van der Waals surface area contributed by atoms with Crippen LogP contribution in [0.2, 0.25) is 0 Å². The van der Waals surface area contributed by atoms with E-state index in [1.54, 1.807) is 11.8 Å². The number of nitrogens with one attached hydrogen (secondary N) is 1. The first-order chi connectivity index (χ1) is 17.7. The number of anilines is 1. The largest absolute Gasteiger partial charge is 0.457 e. The number of carbonyl (C=O) groups is 2. The summed E-state index contributed by atoms with van der Waals surface area (Å²) in [4.78, 5) is 27.2. The van der Waals surface area contributed by atoms with Gasteiger partial charge in [-0.3, -0.25) is 9.59 Å². The average molecular weight is 495 g/mol. The van der Waals surface area contributed by atoms with Gasteiger partial charge in [-0.05, 0) is 66.1 Å². The van der Waals surface area contributed by atoms with Crippen LogP contribution >= 0.6 is 11.8 Å². The number of thioether (sulfide) groups is 1. The molecular weight excluding hydrogens is 468 g/mol. The summed E-state index contributed by atoms with van der Waals surface area (Å²) in [5, 5.41) is 2.90. The third-order valence-corrected chi connectivity index (χ3v) is 7.26. The summed E-state index contributed by atoms with van der Waals surface area (Å²) in [5.74, 6) is 1.90. The summed E-state index contributed by atoms with van der Waals surface area (Å²) in [7, 11) is 0. The van der Waals surface area contributed by atoms with Gasteiger partial charge in [0.25, 0.3) is 5.91 Å². The van der Waals surface area contributed by atoms with Crippen LogP contribution < -0.4 is 10.1 Å². The molecule has 1 N–H and O–H groups in total. The topological polar surface area (TPSA) is 58.6 Å². The third kappa shape index (κ3) is 5.78.